The van der Waals surface area contributed by atoms with Crippen molar-refractivity contribution in [1.29, 1.82) is 0 Å². The highest BCUT2D eigenvalue weighted by atomic mass is 35.5. The third-order valence-electron chi connectivity index (χ3n) is 3.91. The van der Waals surface area contributed by atoms with Crippen LogP contribution in [0.4, 0.5) is 5.00 Å². The molecule has 1 N–H and O–H groups in total. The van der Waals surface area contributed by atoms with Gasteiger partial charge in [-0.15, -0.1) is 22.9 Å². The van der Waals surface area contributed by atoms with Gasteiger partial charge in [-0.3, -0.25) is 4.79 Å². The maximum absolute atomic E-state index is 12.6. The van der Waals surface area contributed by atoms with Gasteiger partial charge in [-0.2, -0.15) is 0 Å². The fourth-order valence-corrected chi connectivity index (χ4v) is 3.79. The lowest BCUT2D eigenvalue weighted by Gasteiger charge is -2.12. The van der Waals surface area contributed by atoms with E-state index in [9.17, 15) is 9.59 Å². The first-order valence-corrected chi connectivity index (χ1v) is 9.77. The number of carbonyl (C=O) groups is 2. The molecular formula is C21H18ClNO3S. The molecule has 6 heteroatoms. The number of nitrogens with one attached hydrogen (secondary N) is 1. The Morgan fingerprint density at radius 3 is 2.33 bits per heavy atom. The second-order valence-corrected chi connectivity index (χ2v) is 7.02. The van der Waals surface area contributed by atoms with Gasteiger partial charge in [-0.1, -0.05) is 60.7 Å². The maximum atomic E-state index is 12.6. The number of hydrogen-bond acceptors (Lipinski definition) is 4. The molecule has 0 saturated carbocycles. The zero-order valence-electron chi connectivity index (χ0n) is 14.6. The van der Waals surface area contributed by atoms with E-state index in [1.54, 1.807) is 19.1 Å². The number of rotatable bonds is 6. The summed E-state index contributed by atoms with van der Waals surface area (Å²) in [5.41, 5.74) is 2.63. The summed E-state index contributed by atoms with van der Waals surface area (Å²) < 4.78 is 5.20. The lowest BCUT2D eigenvalue weighted by Crippen LogP contribution is -2.18. The molecule has 0 unspecified atom stereocenters. The minimum absolute atomic E-state index is 0.248. The number of amides is 1. The molecule has 0 fully saturated rings. The summed E-state index contributed by atoms with van der Waals surface area (Å²) >= 11 is 7.57. The van der Waals surface area contributed by atoms with Crippen molar-refractivity contribution in [3.05, 3.63) is 77.2 Å². The topological polar surface area (TPSA) is 55.4 Å². The van der Waals surface area contributed by atoms with Gasteiger partial charge in [-0.25, -0.2) is 4.79 Å². The van der Waals surface area contributed by atoms with Gasteiger partial charge in [0, 0.05) is 10.9 Å². The quantitative estimate of drug-likeness (QED) is 0.439. The van der Waals surface area contributed by atoms with Crippen LogP contribution in [0.25, 0.3) is 11.1 Å². The highest BCUT2D eigenvalue weighted by Crippen LogP contribution is 2.37. The van der Waals surface area contributed by atoms with E-state index in [0.29, 0.717) is 16.1 Å². The molecule has 0 aliphatic heterocycles. The number of esters is 1. The minimum atomic E-state index is -0.858. The van der Waals surface area contributed by atoms with Gasteiger partial charge in [0.1, 0.15) is 15.9 Å². The second-order valence-electron chi connectivity index (χ2n) is 5.70. The molecule has 3 aromatic rings. The standard InChI is InChI=1S/C21H18ClNO3S/c1-2-26-21(25)17-16(14-9-5-3-6-10-14)13-27-20(17)23-19(24)18(22)15-11-7-4-8-12-15/h3-13,18H,2H2,1H3,(H,23,24)/t18-/m0/s1. The van der Waals surface area contributed by atoms with E-state index in [-0.39, 0.29) is 6.61 Å². The Labute approximate surface area is 166 Å². The number of hydrogen-bond donors (Lipinski definition) is 1. The smallest absolute Gasteiger partial charge is 0.341 e. The molecule has 4 nitrogen and oxygen atoms in total. The molecule has 0 bridgehead atoms. The molecular weight excluding hydrogens is 382 g/mol. The molecule has 27 heavy (non-hydrogen) atoms. The number of benzene rings is 2. The van der Waals surface area contributed by atoms with Crippen molar-refractivity contribution in [1.82, 2.24) is 0 Å². The van der Waals surface area contributed by atoms with Gasteiger partial charge in [0.15, 0.2) is 0 Å². The Balaban J connectivity index is 1.92. The summed E-state index contributed by atoms with van der Waals surface area (Å²) in [5, 5.41) is 4.19. The lowest BCUT2D eigenvalue weighted by atomic mass is 10.0. The fraction of sp³-hybridized carbons (Fsp3) is 0.143. The zero-order chi connectivity index (χ0) is 19.2. The molecule has 0 aliphatic carbocycles. The van der Waals surface area contributed by atoms with E-state index in [2.05, 4.69) is 5.32 Å². The summed E-state index contributed by atoms with van der Waals surface area (Å²) in [6.07, 6.45) is 0. The van der Waals surface area contributed by atoms with Crippen LogP contribution in [0.1, 0.15) is 28.2 Å². The Morgan fingerprint density at radius 2 is 1.70 bits per heavy atom. The van der Waals surface area contributed by atoms with Crippen LogP contribution in [0.5, 0.6) is 0 Å². The van der Waals surface area contributed by atoms with Crippen LogP contribution < -0.4 is 5.32 Å². The molecule has 0 spiro atoms. The van der Waals surface area contributed by atoms with E-state index < -0.39 is 17.3 Å². The van der Waals surface area contributed by atoms with Gasteiger partial charge < -0.3 is 10.1 Å². The van der Waals surface area contributed by atoms with Crippen molar-refractivity contribution in [3.63, 3.8) is 0 Å². The average molecular weight is 400 g/mol. The van der Waals surface area contributed by atoms with Gasteiger partial charge in [0.25, 0.3) is 0 Å². The maximum Gasteiger partial charge on any atom is 0.341 e. The largest absolute Gasteiger partial charge is 0.462 e. The number of halogens is 1. The van der Waals surface area contributed by atoms with Crippen LogP contribution in [-0.4, -0.2) is 18.5 Å². The van der Waals surface area contributed by atoms with E-state index in [0.717, 1.165) is 11.1 Å². The predicted molar refractivity (Wildman–Crippen MR) is 109 cm³/mol. The molecule has 1 amide bonds. The minimum Gasteiger partial charge on any atom is -0.462 e. The summed E-state index contributed by atoms with van der Waals surface area (Å²) in [5.74, 6) is -0.867. The average Bonchev–Trinajstić information content (AvgIpc) is 3.12. The van der Waals surface area contributed by atoms with E-state index >= 15 is 0 Å². The Hall–Kier alpha value is -2.63. The molecule has 1 aromatic heterocycles. The van der Waals surface area contributed by atoms with Gasteiger partial charge in [0.05, 0.1) is 6.61 Å². The number of carbonyl (C=O) groups excluding carboxylic acids is 2. The molecule has 138 valence electrons. The zero-order valence-corrected chi connectivity index (χ0v) is 16.2. The van der Waals surface area contributed by atoms with Crippen LogP contribution in [0.2, 0.25) is 0 Å². The third-order valence-corrected chi connectivity index (χ3v) is 5.26. The van der Waals surface area contributed by atoms with Crippen LogP contribution in [0, 0.1) is 0 Å². The van der Waals surface area contributed by atoms with Crippen LogP contribution in [-0.2, 0) is 9.53 Å². The van der Waals surface area contributed by atoms with Gasteiger partial charge in [-0.05, 0) is 18.1 Å². The molecule has 1 atom stereocenters. The normalized spacial score (nSPS) is 11.6. The van der Waals surface area contributed by atoms with Crippen molar-refractivity contribution in [2.75, 3.05) is 11.9 Å². The first-order chi connectivity index (χ1) is 13.1. The molecule has 1 heterocycles. The van der Waals surface area contributed by atoms with Crippen molar-refractivity contribution < 1.29 is 14.3 Å². The number of alkyl halides is 1. The van der Waals surface area contributed by atoms with Gasteiger partial charge >= 0.3 is 5.97 Å². The van der Waals surface area contributed by atoms with E-state index in [1.165, 1.54) is 11.3 Å². The first kappa shape index (κ1) is 19.1. The number of anilines is 1. The first-order valence-electron chi connectivity index (χ1n) is 8.45. The Bertz CT molecular complexity index is 925. The number of ether oxygens (including phenoxy) is 1. The fourth-order valence-electron chi connectivity index (χ4n) is 2.63. The Kier molecular flexibility index (Phi) is 6.27. The molecule has 3 rings (SSSR count). The summed E-state index contributed by atoms with van der Waals surface area (Å²) in [7, 11) is 0. The van der Waals surface area contributed by atoms with Gasteiger partial charge in [0.2, 0.25) is 5.91 Å². The Morgan fingerprint density at radius 1 is 1.07 bits per heavy atom. The third kappa shape index (κ3) is 4.38. The molecule has 0 aliphatic rings. The lowest BCUT2D eigenvalue weighted by molar-refractivity contribution is -0.115. The summed E-state index contributed by atoms with van der Waals surface area (Å²) in [6.45, 7) is 1.99. The van der Waals surface area contributed by atoms with Crippen molar-refractivity contribution >= 4 is 39.8 Å². The van der Waals surface area contributed by atoms with Crippen molar-refractivity contribution in [3.8, 4) is 11.1 Å². The molecule has 0 radical (unpaired) electrons. The molecule has 0 saturated heterocycles. The van der Waals surface area contributed by atoms with Crippen molar-refractivity contribution in [2.24, 2.45) is 0 Å². The predicted octanol–water partition coefficient (Wildman–Crippen LogP) is 5.51. The highest BCUT2D eigenvalue weighted by Gasteiger charge is 2.25. The monoisotopic (exact) mass is 399 g/mol. The number of thiophene rings is 1. The summed E-state index contributed by atoms with van der Waals surface area (Å²) in [4.78, 5) is 25.1. The van der Waals surface area contributed by atoms with Crippen LogP contribution in [0.15, 0.2) is 66.0 Å². The SMILES string of the molecule is CCOC(=O)c1c(-c2ccccc2)csc1NC(=O)[C@@H](Cl)c1ccccc1. The summed E-state index contributed by atoms with van der Waals surface area (Å²) in [6, 6.07) is 18.6. The van der Waals surface area contributed by atoms with E-state index in [4.69, 9.17) is 16.3 Å². The van der Waals surface area contributed by atoms with Crippen LogP contribution in [0.3, 0.4) is 0 Å². The van der Waals surface area contributed by atoms with Crippen molar-refractivity contribution in [2.45, 2.75) is 12.3 Å². The second kappa shape index (κ2) is 8.84. The molecule has 2 aromatic carbocycles. The van der Waals surface area contributed by atoms with Crippen LogP contribution >= 0.6 is 22.9 Å². The highest BCUT2D eigenvalue weighted by molar-refractivity contribution is 7.15. The van der Waals surface area contributed by atoms with E-state index in [1.807, 2.05) is 53.9 Å².